The third-order valence-electron chi connectivity index (χ3n) is 5.13. The lowest BCUT2D eigenvalue weighted by Gasteiger charge is -2.40. The highest BCUT2D eigenvalue weighted by molar-refractivity contribution is 9.48. The summed E-state index contributed by atoms with van der Waals surface area (Å²) in [6, 6.07) is 13.8. The van der Waals surface area contributed by atoms with Crippen LogP contribution in [0.2, 0.25) is 0 Å². The average molecular weight is 586 g/mol. The van der Waals surface area contributed by atoms with Gasteiger partial charge in [-0.2, -0.15) is 0 Å². The molecule has 0 bridgehead atoms. The topological polar surface area (TPSA) is 119 Å². The van der Waals surface area contributed by atoms with Crippen LogP contribution in [0.3, 0.4) is 0 Å². The van der Waals surface area contributed by atoms with Crippen LogP contribution in [0.5, 0.6) is 11.5 Å². The van der Waals surface area contributed by atoms with E-state index in [1.54, 1.807) is 65.3 Å². The van der Waals surface area contributed by atoms with Crippen molar-refractivity contribution in [3.63, 3.8) is 0 Å². The van der Waals surface area contributed by atoms with E-state index < -0.39 is 38.6 Å². The molecule has 13 heteroatoms. The van der Waals surface area contributed by atoms with Gasteiger partial charge in [-0.05, 0) is 61.5 Å². The molecule has 0 aromatic heterocycles. The number of ether oxygens (including phenoxy) is 2. The van der Waals surface area contributed by atoms with Crippen LogP contribution < -0.4 is 21.1 Å². The van der Waals surface area contributed by atoms with E-state index in [9.17, 15) is 19.8 Å². The van der Waals surface area contributed by atoms with Crippen molar-refractivity contribution in [2.45, 2.75) is 18.6 Å². The molecule has 2 aromatic rings. The monoisotopic (exact) mass is 585 g/mol. The van der Waals surface area contributed by atoms with Crippen molar-refractivity contribution in [2.75, 3.05) is 0 Å². The largest absolute Gasteiger partial charge is 0.514 e. The summed E-state index contributed by atoms with van der Waals surface area (Å²) in [4.78, 5) is 24.0. The number of rotatable bonds is 5. The lowest BCUT2D eigenvalue weighted by atomic mass is 10.0. The Balaban J connectivity index is 1.40. The van der Waals surface area contributed by atoms with Crippen molar-refractivity contribution < 1.29 is 29.3 Å². The first-order valence-electron chi connectivity index (χ1n) is 10.2. The van der Waals surface area contributed by atoms with Crippen LogP contribution in [0.1, 0.15) is 6.92 Å². The predicted molar refractivity (Wildman–Crippen MR) is 150 cm³/mol. The van der Waals surface area contributed by atoms with Crippen molar-refractivity contribution in [2.24, 2.45) is 11.7 Å². The number of carboxylic acid groups (broad SMARTS) is 1. The van der Waals surface area contributed by atoms with Crippen LogP contribution in [-0.2, 0) is 33.1 Å². The van der Waals surface area contributed by atoms with Gasteiger partial charge in [-0.1, -0.05) is 63.8 Å². The molecule has 0 saturated carbocycles. The van der Waals surface area contributed by atoms with Gasteiger partial charge in [0.25, 0.3) is 0 Å². The number of phenolic OH excluding ortho intramolecular Hbond substituents is 1. The molecular formula is C22H21NO6P2S4. The third kappa shape index (κ3) is 6.05. The molecule has 4 N–H and O–H groups in total. The van der Waals surface area contributed by atoms with Crippen molar-refractivity contribution in [3.8, 4) is 11.5 Å². The van der Waals surface area contributed by atoms with E-state index in [4.69, 9.17) is 38.8 Å². The van der Waals surface area contributed by atoms with Crippen LogP contribution in [0, 0.1) is 5.92 Å². The molecule has 3 unspecified atom stereocenters. The van der Waals surface area contributed by atoms with E-state index in [0.29, 0.717) is 0 Å². The molecule has 0 radical (unpaired) electrons. The molecule has 1 aliphatic carbocycles. The molecule has 0 spiro atoms. The minimum atomic E-state index is -1.98. The normalized spacial score (nSPS) is 31.7. The number of phenols is 1. The Hall–Kier alpha value is -1.58. The highest BCUT2D eigenvalue weighted by Gasteiger charge is 2.45. The maximum absolute atomic E-state index is 12.4. The summed E-state index contributed by atoms with van der Waals surface area (Å²) in [6.45, 7) is 1.71. The smallest absolute Gasteiger partial charge is 0.508 e. The number of hydrogen-bond acceptors (Lipinski definition) is 10. The summed E-state index contributed by atoms with van der Waals surface area (Å²) in [5, 5.41) is 21.0. The van der Waals surface area contributed by atoms with Gasteiger partial charge in [0.05, 0.1) is 8.88 Å². The van der Waals surface area contributed by atoms with Gasteiger partial charge in [0.2, 0.25) is 0 Å². The number of carbonyl (C=O) groups excluding carboxylic acids is 1. The number of benzene rings is 2. The Kier molecular flexibility index (Phi) is 7.61. The summed E-state index contributed by atoms with van der Waals surface area (Å²) in [6.07, 6.45) is 3.93. The Morgan fingerprint density at radius 1 is 0.971 bits per heavy atom. The minimum absolute atomic E-state index is 0.197. The molecule has 2 aromatic carbocycles. The van der Waals surface area contributed by atoms with Crippen LogP contribution in [0.4, 0.5) is 4.79 Å². The van der Waals surface area contributed by atoms with Gasteiger partial charge in [0.1, 0.15) is 23.5 Å². The molecule has 4 rings (SSSR count). The number of hydrogen-bond donors (Lipinski definition) is 3. The molecule has 1 aliphatic heterocycles. The van der Waals surface area contributed by atoms with E-state index >= 15 is 0 Å². The first-order valence-corrected chi connectivity index (χ1v) is 19.9. The van der Waals surface area contributed by atoms with Crippen molar-refractivity contribution in [1.29, 1.82) is 0 Å². The average Bonchev–Trinajstić information content (AvgIpc) is 2.91. The van der Waals surface area contributed by atoms with Gasteiger partial charge in [-0.15, -0.1) is 0 Å². The lowest BCUT2D eigenvalue weighted by Crippen LogP contribution is -2.30. The Labute approximate surface area is 220 Å². The van der Waals surface area contributed by atoms with Crippen LogP contribution >= 0.6 is 30.9 Å². The SMILES string of the molecule is CC1(N)C=CC(OC(=O)Oc2ccc(P3(=S)SP(=S)(c4ccc(O)cc4)S3)cc2)C(C(=O)O)C=C1. The molecule has 2 aliphatic rings. The number of nitrogens with two attached hydrogens (primary N) is 1. The predicted octanol–water partition coefficient (Wildman–Crippen LogP) is 4.87. The maximum Gasteiger partial charge on any atom is 0.514 e. The molecule has 35 heavy (non-hydrogen) atoms. The van der Waals surface area contributed by atoms with E-state index in [1.807, 2.05) is 24.3 Å². The van der Waals surface area contributed by atoms with Crippen molar-refractivity contribution >= 4 is 77.2 Å². The molecule has 0 amide bonds. The molecule has 184 valence electrons. The second-order valence-corrected chi connectivity index (χ2v) is 29.3. The summed E-state index contributed by atoms with van der Waals surface area (Å²) >= 11 is 15.1. The molecule has 3 atom stereocenters. The standard InChI is InChI=1S/C22H21NO6P2S4/c1-22(23)12-10-18(20(25)26)19(11-13-22)29-21(27)28-15-4-8-17(9-5-15)31(33)34-30(32,35-31)16-6-2-14(24)3-7-16/h2-13,18-19,24H,23H2,1H3,(H,25,26). The van der Waals surface area contributed by atoms with Gasteiger partial charge < -0.3 is 25.4 Å². The molecular weight excluding hydrogens is 564 g/mol. The molecule has 1 saturated heterocycles. The van der Waals surface area contributed by atoms with Crippen molar-refractivity contribution in [1.82, 2.24) is 0 Å². The number of carbonyl (C=O) groups is 2. The quantitative estimate of drug-likeness (QED) is 0.193. The fourth-order valence-corrected chi connectivity index (χ4v) is 45.6. The molecule has 7 nitrogen and oxygen atoms in total. The zero-order valence-electron chi connectivity index (χ0n) is 18.2. The minimum Gasteiger partial charge on any atom is -0.508 e. The van der Waals surface area contributed by atoms with E-state index in [-0.39, 0.29) is 11.5 Å². The van der Waals surface area contributed by atoms with Crippen molar-refractivity contribution in [3.05, 3.63) is 72.8 Å². The number of carboxylic acids is 1. The summed E-state index contributed by atoms with van der Waals surface area (Å²) in [5.74, 6) is -1.78. The second kappa shape index (κ2) is 10.1. The highest BCUT2D eigenvalue weighted by Crippen LogP contribution is 3.04. The van der Waals surface area contributed by atoms with Gasteiger partial charge >= 0.3 is 12.1 Å². The van der Waals surface area contributed by atoms with Gasteiger partial charge in [0.15, 0.2) is 0 Å². The van der Waals surface area contributed by atoms with Crippen LogP contribution in [-0.4, -0.2) is 34.0 Å². The Bertz CT molecular complexity index is 1300. The summed E-state index contributed by atoms with van der Waals surface area (Å²) in [5.41, 5.74) is 5.17. The summed E-state index contributed by atoms with van der Waals surface area (Å²) in [7, 11) is 0. The van der Waals surface area contributed by atoms with Gasteiger partial charge in [-0.25, -0.2) is 4.79 Å². The van der Waals surface area contributed by atoms with E-state index in [2.05, 4.69) is 0 Å². The van der Waals surface area contributed by atoms with Gasteiger partial charge in [0, 0.05) is 16.1 Å². The fourth-order valence-electron chi connectivity index (χ4n) is 3.27. The number of aromatic hydroxyl groups is 1. The third-order valence-corrected chi connectivity index (χ3v) is 36.4. The zero-order valence-corrected chi connectivity index (χ0v) is 23.3. The molecule has 1 fully saturated rings. The Morgan fingerprint density at radius 2 is 1.49 bits per heavy atom. The van der Waals surface area contributed by atoms with E-state index in [0.717, 1.165) is 10.6 Å². The Morgan fingerprint density at radius 3 is 2.03 bits per heavy atom. The maximum atomic E-state index is 12.4. The van der Waals surface area contributed by atoms with Crippen LogP contribution in [0.25, 0.3) is 0 Å². The molecule has 1 heterocycles. The van der Waals surface area contributed by atoms with Crippen LogP contribution in [0.15, 0.2) is 72.8 Å². The second-order valence-electron chi connectivity index (χ2n) is 8.05. The summed E-state index contributed by atoms with van der Waals surface area (Å²) < 4.78 is 6.65. The van der Waals surface area contributed by atoms with E-state index in [1.165, 1.54) is 12.2 Å². The number of aliphatic carboxylic acids is 1. The van der Waals surface area contributed by atoms with Gasteiger partial charge in [-0.3, -0.25) is 4.79 Å². The highest BCUT2D eigenvalue weighted by atomic mass is 33.7. The fraction of sp³-hybridized carbons (Fsp3) is 0.182. The first-order chi connectivity index (χ1) is 16.4. The lowest BCUT2D eigenvalue weighted by molar-refractivity contribution is -0.142. The zero-order chi connectivity index (χ0) is 25.4. The first kappa shape index (κ1) is 26.5.